The van der Waals surface area contributed by atoms with Crippen LogP contribution in [0.1, 0.15) is 55.2 Å². The van der Waals surface area contributed by atoms with E-state index in [0.29, 0.717) is 13.0 Å². The Hall–Kier alpha value is -1.77. The molecule has 2 aliphatic heterocycles. The predicted molar refractivity (Wildman–Crippen MR) is 125 cm³/mol. The average Bonchev–Trinajstić information content (AvgIpc) is 3.41. The van der Waals surface area contributed by atoms with Gasteiger partial charge in [-0.15, -0.1) is 22.7 Å². The van der Waals surface area contributed by atoms with E-state index in [0.717, 1.165) is 43.2 Å². The summed E-state index contributed by atoms with van der Waals surface area (Å²) in [6, 6.07) is 3.89. The summed E-state index contributed by atoms with van der Waals surface area (Å²) < 4.78 is 0. The van der Waals surface area contributed by atoms with Crippen LogP contribution in [0.5, 0.6) is 0 Å². The lowest BCUT2D eigenvalue weighted by Gasteiger charge is -2.28. The van der Waals surface area contributed by atoms with Crippen molar-refractivity contribution in [1.82, 2.24) is 19.7 Å². The predicted octanol–water partition coefficient (Wildman–Crippen LogP) is 3.76. The van der Waals surface area contributed by atoms with Crippen molar-refractivity contribution in [1.29, 1.82) is 0 Å². The van der Waals surface area contributed by atoms with Crippen LogP contribution < -0.4 is 0 Å². The Morgan fingerprint density at radius 2 is 2.00 bits per heavy atom. The molecule has 0 saturated carbocycles. The number of rotatable bonds is 4. The van der Waals surface area contributed by atoms with Gasteiger partial charge in [-0.05, 0) is 17.9 Å². The topological polar surface area (TPSA) is 56.8 Å². The van der Waals surface area contributed by atoms with Crippen LogP contribution in [0, 0.1) is 5.92 Å². The van der Waals surface area contributed by atoms with Crippen molar-refractivity contribution in [2.24, 2.45) is 5.92 Å². The highest BCUT2D eigenvalue weighted by Gasteiger charge is 2.44. The van der Waals surface area contributed by atoms with Crippen LogP contribution in [0.4, 0.5) is 0 Å². The molecule has 4 rings (SSSR count). The van der Waals surface area contributed by atoms with E-state index in [1.165, 1.54) is 5.01 Å². The number of hydrogen-bond donors (Lipinski definition) is 0. The van der Waals surface area contributed by atoms with Crippen molar-refractivity contribution in [3.63, 3.8) is 0 Å². The molecule has 0 bridgehead atoms. The first-order valence-electron chi connectivity index (χ1n) is 11.0. The second-order valence-electron chi connectivity index (χ2n) is 9.62. The number of thiazole rings is 1. The van der Waals surface area contributed by atoms with Gasteiger partial charge in [0, 0.05) is 61.9 Å². The molecule has 6 nitrogen and oxygen atoms in total. The first kappa shape index (κ1) is 22.4. The number of aromatic nitrogens is 1. The summed E-state index contributed by atoms with van der Waals surface area (Å²) in [5.74, 6) is -0.0939. The second kappa shape index (κ2) is 9.00. The minimum Gasteiger partial charge on any atom is -0.341 e. The second-order valence-corrected chi connectivity index (χ2v) is 11.5. The zero-order valence-electron chi connectivity index (χ0n) is 18.8. The van der Waals surface area contributed by atoms with Crippen molar-refractivity contribution in [3.8, 4) is 0 Å². The molecule has 4 heterocycles. The molecule has 8 heteroatoms. The van der Waals surface area contributed by atoms with Gasteiger partial charge < -0.3 is 9.80 Å². The van der Waals surface area contributed by atoms with E-state index in [2.05, 4.69) is 31.1 Å². The average molecular weight is 461 g/mol. The van der Waals surface area contributed by atoms with E-state index in [1.54, 1.807) is 27.6 Å². The first-order chi connectivity index (χ1) is 14.7. The quantitative estimate of drug-likeness (QED) is 0.697. The van der Waals surface area contributed by atoms with Crippen LogP contribution in [0.15, 0.2) is 22.9 Å². The van der Waals surface area contributed by atoms with Crippen molar-refractivity contribution in [2.45, 2.75) is 51.6 Å². The summed E-state index contributed by atoms with van der Waals surface area (Å²) >= 11 is 3.36. The van der Waals surface area contributed by atoms with Gasteiger partial charge in [0.15, 0.2) is 0 Å². The van der Waals surface area contributed by atoms with E-state index in [9.17, 15) is 9.59 Å². The van der Waals surface area contributed by atoms with Gasteiger partial charge in [-0.3, -0.25) is 14.5 Å². The Bertz CT molecular complexity index is 918. The molecular weight excluding hydrogens is 428 g/mol. The fourth-order valence-corrected chi connectivity index (χ4v) is 6.31. The van der Waals surface area contributed by atoms with Gasteiger partial charge in [-0.2, -0.15) is 0 Å². The largest absolute Gasteiger partial charge is 0.341 e. The molecule has 2 fully saturated rings. The maximum Gasteiger partial charge on any atom is 0.228 e. The van der Waals surface area contributed by atoms with Crippen LogP contribution in [0.3, 0.4) is 0 Å². The summed E-state index contributed by atoms with van der Waals surface area (Å²) in [6.07, 6.45) is 1.26. The zero-order chi connectivity index (χ0) is 22.2. The lowest BCUT2D eigenvalue weighted by Crippen LogP contribution is -2.40. The highest BCUT2D eigenvalue weighted by molar-refractivity contribution is 7.10. The number of hydrogen-bond acceptors (Lipinski definition) is 6. The summed E-state index contributed by atoms with van der Waals surface area (Å²) in [6.45, 7) is 10.7. The van der Waals surface area contributed by atoms with E-state index in [1.807, 2.05) is 29.5 Å². The highest BCUT2D eigenvalue weighted by atomic mass is 32.1. The van der Waals surface area contributed by atoms with Gasteiger partial charge >= 0.3 is 0 Å². The smallest absolute Gasteiger partial charge is 0.228 e. The summed E-state index contributed by atoms with van der Waals surface area (Å²) in [5, 5.41) is 5.35. The molecule has 2 saturated heterocycles. The van der Waals surface area contributed by atoms with Gasteiger partial charge in [-0.25, -0.2) is 4.98 Å². The Balaban J connectivity index is 1.39. The maximum absolute atomic E-state index is 13.5. The van der Waals surface area contributed by atoms with E-state index < -0.39 is 0 Å². The Morgan fingerprint density at radius 3 is 2.68 bits per heavy atom. The molecule has 31 heavy (non-hydrogen) atoms. The molecule has 0 aromatic carbocycles. The van der Waals surface area contributed by atoms with E-state index in [4.69, 9.17) is 4.98 Å². The molecule has 2 unspecified atom stereocenters. The van der Waals surface area contributed by atoms with E-state index >= 15 is 0 Å². The highest BCUT2D eigenvalue weighted by Crippen LogP contribution is 2.40. The molecule has 0 spiro atoms. The number of amides is 2. The van der Waals surface area contributed by atoms with Crippen molar-refractivity contribution < 1.29 is 9.59 Å². The molecule has 2 aromatic rings. The molecule has 2 atom stereocenters. The van der Waals surface area contributed by atoms with Gasteiger partial charge in [-0.1, -0.05) is 26.8 Å². The third kappa shape index (κ3) is 4.86. The summed E-state index contributed by atoms with van der Waals surface area (Å²) in [7, 11) is 1.82. The minimum absolute atomic E-state index is 0.0615. The van der Waals surface area contributed by atoms with Crippen LogP contribution in [-0.2, 0) is 21.5 Å². The molecule has 168 valence electrons. The number of nitrogens with zero attached hydrogens (tertiary/aromatic N) is 4. The molecule has 2 amide bonds. The fourth-order valence-electron chi connectivity index (χ4n) is 4.48. The molecule has 0 aliphatic carbocycles. The Labute approximate surface area is 192 Å². The Morgan fingerprint density at radius 1 is 1.19 bits per heavy atom. The number of likely N-dealkylation sites (tertiary alicyclic amines) is 1. The monoisotopic (exact) mass is 460 g/mol. The molecule has 0 radical (unpaired) electrons. The standard InChI is InChI=1S/C23H32N4O2S2/c1-23(2,3)22-24-16(15-31-22)14-26-8-6-9-27(11-10-26)21(29)17-13-19(28)25(4)20(17)18-7-5-12-30-18/h5,7,12,15,17,20H,6,8-11,13-14H2,1-4H3. The normalized spacial score (nSPS) is 23.4. The number of carbonyl (C=O) groups is 2. The van der Waals surface area contributed by atoms with E-state index in [-0.39, 0.29) is 29.2 Å². The number of thiophene rings is 1. The lowest BCUT2D eigenvalue weighted by atomic mass is 9.97. The number of carbonyl (C=O) groups excluding carboxylic acids is 2. The maximum atomic E-state index is 13.5. The Kier molecular flexibility index (Phi) is 6.51. The van der Waals surface area contributed by atoms with Gasteiger partial charge in [0.1, 0.15) is 0 Å². The summed E-state index contributed by atoms with van der Waals surface area (Å²) in [4.78, 5) is 37.9. The van der Waals surface area contributed by atoms with Crippen molar-refractivity contribution in [3.05, 3.63) is 38.5 Å². The van der Waals surface area contributed by atoms with Gasteiger partial charge in [0.2, 0.25) is 11.8 Å². The minimum atomic E-state index is -0.282. The third-order valence-corrected chi connectivity index (χ3v) is 8.48. The SMILES string of the molecule is CN1C(=O)CC(C(=O)N2CCCN(Cc3csc(C(C)(C)C)n3)CC2)C1c1cccs1. The molecule has 2 aromatic heterocycles. The van der Waals surface area contributed by atoms with Gasteiger partial charge in [0.25, 0.3) is 0 Å². The van der Waals surface area contributed by atoms with Crippen LogP contribution in [0.25, 0.3) is 0 Å². The van der Waals surface area contributed by atoms with Gasteiger partial charge in [0.05, 0.1) is 22.7 Å². The lowest BCUT2D eigenvalue weighted by molar-refractivity contribution is -0.136. The third-order valence-electron chi connectivity index (χ3n) is 6.22. The van der Waals surface area contributed by atoms with Crippen LogP contribution in [0.2, 0.25) is 0 Å². The molecular formula is C23H32N4O2S2. The van der Waals surface area contributed by atoms with Crippen LogP contribution in [-0.4, -0.2) is 64.7 Å². The molecule has 0 N–H and O–H groups in total. The van der Waals surface area contributed by atoms with Crippen molar-refractivity contribution >= 4 is 34.5 Å². The first-order valence-corrected chi connectivity index (χ1v) is 12.7. The van der Waals surface area contributed by atoms with Crippen molar-refractivity contribution in [2.75, 3.05) is 33.2 Å². The molecule has 2 aliphatic rings. The van der Waals surface area contributed by atoms with Crippen LogP contribution >= 0.6 is 22.7 Å². The fraction of sp³-hybridized carbons (Fsp3) is 0.609. The zero-order valence-corrected chi connectivity index (χ0v) is 20.5. The summed E-state index contributed by atoms with van der Waals surface area (Å²) in [5.41, 5.74) is 1.20.